The second kappa shape index (κ2) is 6.68. The maximum absolute atomic E-state index is 13.0. The summed E-state index contributed by atoms with van der Waals surface area (Å²) in [4.78, 5) is 13.0. The van der Waals surface area contributed by atoms with E-state index in [-0.39, 0.29) is 23.9 Å². The molecule has 1 heterocycles. The largest absolute Gasteiger partial charge is 0.346 e. The summed E-state index contributed by atoms with van der Waals surface area (Å²) in [5.41, 5.74) is 2.80. The summed E-state index contributed by atoms with van der Waals surface area (Å²) in [5.74, 6) is 0.571. The third-order valence-electron chi connectivity index (χ3n) is 6.50. The van der Waals surface area contributed by atoms with Crippen LogP contribution in [0.5, 0.6) is 0 Å². The SMILES string of the molecule is Cc1cccc(C2(NC(=O)C3CC34CCNCC4)CCCC2)c1.Cl. The maximum atomic E-state index is 13.0. The smallest absolute Gasteiger partial charge is 0.224 e. The van der Waals surface area contributed by atoms with Crippen molar-refractivity contribution in [2.24, 2.45) is 11.3 Å². The second-order valence-electron chi connectivity index (χ2n) is 8.02. The van der Waals surface area contributed by atoms with E-state index in [9.17, 15) is 4.79 Å². The third kappa shape index (κ3) is 3.09. The van der Waals surface area contributed by atoms with Gasteiger partial charge in [0.2, 0.25) is 5.91 Å². The van der Waals surface area contributed by atoms with Crippen LogP contribution in [0.2, 0.25) is 0 Å². The van der Waals surface area contributed by atoms with Crippen LogP contribution in [0, 0.1) is 18.3 Å². The Morgan fingerprint density at radius 2 is 1.88 bits per heavy atom. The van der Waals surface area contributed by atoms with Crippen LogP contribution >= 0.6 is 12.4 Å². The van der Waals surface area contributed by atoms with Crippen molar-refractivity contribution in [2.45, 2.75) is 57.4 Å². The number of halogens is 1. The highest BCUT2D eigenvalue weighted by molar-refractivity contribution is 5.85. The molecule has 1 aromatic carbocycles. The van der Waals surface area contributed by atoms with E-state index in [0.29, 0.717) is 11.3 Å². The van der Waals surface area contributed by atoms with Gasteiger partial charge in [-0.2, -0.15) is 0 Å². The minimum absolute atomic E-state index is 0. The van der Waals surface area contributed by atoms with Crippen LogP contribution in [-0.4, -0.2) is 19.0 Å². The predicted octanol–water partition coefficient (Wildman–Crippen LogP) is 3.69. The highest BCUT2D eigenvalue weighted by Crippen LogP contribution is 2.59. The van der Waals surface area contributed by atoms with Crippen molar-refractivity contribution in [2.75, 3.05) is 13.1 Å². The quantitative estimate of drug-likeness (QED) is 0.874. The number of carbonyl (C=O) groups is 1. The summed E-state index contributed by atoms with van der Waals surface area (Å²) >= 11 is 0. The fourth-order valence-corrected chi connectivity index (χ4v) is 4.93. The predicted molar refractivity (Wildman–Crippen MR) is 99.4 cm³/mol. The Balaban J connectivity index is 0.00000169. The average Bonchev–Trinajstić information content (AvgIpc) is 3.04. The molecule has 2 N–H and O–H groups in total. The fourth-order valence-electron chi connectivity index (χ4n) is 4.93. The van der Waals surface area contributed by atoms with Gasteiger partial charge in [-0.1, -0.05) is 42.7 Å². The van der Waals surface area contributed by atoms with Gasteiger partial charge in [-0.15, -0.1) is 12.4 Å². The number of piperidine rings is 1. The van der Waals surface area contributed by atoms with Gasteiger partial charge in [0, 0.05) is 5.92 Å². The molecule has 4 rings (SSSR count). The number of hydrogen-bond donors (Lipinski definition) is 2. The lowest BCUT2D eigenvalue weighted by molar-refractivity contribution is -0.125. The van der Waals surface area contributed by atoms with Crippen LogP contribution in [0.4, 0.5) is 0 Å². The minimum atomic E-state index is -0.111. The molecule has 1 atom stereocenters. The summed E-state index contributed by atoms with van der Waals surface area (Å²) in [6.45, 7) is 4.29. The highest BCUT2D eigenvalue weighted by atomic mass is 35.5. The topological polar surface area (TPSA) is 41.1 Å². The van der Waals surface area contributed by atoms with E-state index in [4.69, 9.17) is 0 Å². The molecule has 1 aromatic rings. The number of hydrogen-bond acceptors (Lipinski definition) is 2. The van der Waals surface area contributed by atoms with E-state index >= 15 is 0 Å². The van der Waals surface area contributed by atoms with Crippen molar-refractivity contribution in [1.82, 2.24) is 10.6 Å². The summed E-state index contributed by atoms with van der Waals surface area (Å²) in [6, 6.07) is 8.73. The van der Waals surface area contributed by atoms with Crippen LogP contribution in [0.1, 0.15) is 56.1 Å². The second-order valence-corrected chi connectivity index (χ2v) is 8.02. The van der Waals surface area contributed by atoms with E-state index in [1.807, 2.05) is 0 Å². The molecule has 1 spiro atoms. The van der Waals surface area contributed by atoms with Gasteiger partial charge in [0.1, 0.15) is 0 Å². The molecule has 3 nitrogen and oxygen atoms in total. The molecule has 24 heavy (non-hydrogen) atoms. The molecule has 1 amide bonds. The Hall–Kier alpha value is -1.06. The van der Waals surface area contributed by atoms with Gasteiger partial charge in [0.25, 0.3) is 0 Å². The molecule has 3 fully saturated rings. The molecule has 0 radical (unpaired) electrons. The minimum Gasteiger partial charge on any atom is -0.346 e. The van der Waals surface area contributed by atoms with Gasteiger partial charge in [-0.3, -0.25) is 4.79 Å². The van der Waals surface area contributed by atoms with Crippen molar-refractivity contribution >= 4 is 18.3 Å². The Kier molecular flexibility index (Phi) is 4.94. The number of rotatable bonds is 3. The molecule has 3 aliphatic rings. The molecule has 1 unspecified atom stereocenters. The number of carbonyl (C=O) groups excluding carboxylic acids is 1. The molecular formula is C20H29ClN2O. The first-order chi connectivity index (χ1) is 11.1. The van der Waals surface area contributed by atoms with Gasteiger partial charge < -0.3 is 10.6 Å². The monoisotopic (exact) mass is 348 g/mol. The molecule has 2 saturated carbocycles. The molecule has 2 aliphatic carbocycles. The number of amides is 1. The third-order valence-corrected chi connectivity index (χ3v) is 6.50. The van der Waals surface area contributed by atoms with Crippen LogP contribution < -0.4 is 10.6 Å². The summed E-state index contributed by atoms with van der Waals surface area (Å²) in [6.07, 6.45) is 8.05. The zero-order valence-electron chi connectivity index (χ0n) is 14.6. The zero-order chi connectivity index (χ0) is 15.9. The zero-order valence-corrected chi connectivity index (χ0v) is 15.4. The molecule has 4 heteroatoms. The van der Waals surface area contributed by atoms with Crippen LogP contribution in [0.3, 0.4) is 0 Å². The standard InChI is InChI=1S/C20H28N2O.ClH/c1-15-5-4-6-16(13-15)20(7-2-3-8-20)22-18(23)17-14-19(17)9-11-21-12-10-19;/h4-6,13,17,21H,2-3,7-12,14H2,1H3,(H,22,23);1H. The number of aryl methyl sites for hydroxylation is 1. The van der Waals surface area contributed by atoms with Crippen LogP contribution in [-0.2, 0) is 10.3 Å². The van der Waals surface area contributed by atoms with Crippen molar-refractivity contribution in [3.63, 3.8) is 0 Å². The molecule has 0 aromatic heterocycles. The Bertz CT molecular complexity index is 603. The van der Waals surface area contributed by atoms with Crippen LogP contribution in [0.25, 0.3) is 0 Å². The Morgan fingerprint density at radius 1 is 1.17 bits per heavy atom. The van der Waals surface area contributed by atoms with Gasteiger partial charge in [0.15, 0.2) is 0 Å². The molecule has 132 valence electrons. The summed E-state index contributed by atoms with van der Waals surface area (Å²) < 4.78 is 0. The molecule has 1 saturated heterocycles. The maximum Gasteiger partial charge on any atom is 0.224 e. The van der Waals surface area contributed by atoms with Crippen molar-refractivity contribution in [1.29, 1.82) is 0 Å². The lowest BCUT2D eigenvalue weighted by atomic mass is 9.86. The van der Waals surface area contributed by atoms with Crippen LogP contribution in [0.15, 0.2) is 24.3 Å². The molecule has 0 bridgehead atoms. The van der Waals surface area contributed by atoms with Gasteiger partial charge >= 0.3 is 0 Å². The van der Waals surface area contributed by atoms with E-state index in [1.54, 1.807) is 0 Å². The summed E-state index contributed by atoms with van der Waals surface area (Å²) in [5, 5.41) is 6.93. The van der Waals surface area contributed by atoms with Crippen molar-refractivity contribution < 1.29 is 4.79 Å². The first-order valence-electron chi connectivity index (χ1n) is 9.24. The highest BCUT2D eigenvalue weighted by Gasteiger charge is 2.58. The van der Waals surface area contributed by atoms with E-state index in [1.165, 1.54) is 36.8 Å². The average molecular weight is 349 g/mol. The van der Waals surface area contributed by atoms with E-state index in [0.717, 1.165) is 32.4 Å². The van der Waals surface area contributed by atoms with Crippen molar-refractivity contribution in [3.8, 4) is 0 Å². The Labute approximate surface area is 151 Å². The normalized spacial score (nSPS) is 26.6. The lowest BCUT2D eigenvalue weighted by Crippen LogP contribution is -2.45. The fraction of sp³-hybridized carbons (Fsp3) is 0.650. The summed E-state index contributed by atoms with van der Waals surface area (Å²) in [7, 11) is 0. The first-order valence-corrected chi connectivity index (χ1v) is 9.24. The Morgan fingerprint density at radius 3 is 2.54 bits per heavy atom. The van der Waals surface area contributed by atoms with Gasteiger partial charge in [-0.25, -0.2) is 0 Å². The first kappa shape index (κ1) is 17.8. The number of benzene rings is 1. The van der Waals surface area contributed by atoms with Gasteiger partial charge in [-0.05, 0) is 63.1 Å². The van der Waals surface area contributed by atoms with Gasteiger partial charge in [0.05, 0.1) is 5.54 Å². The van der Waals surface area contributed by atoms with E-state index < -0.39 is 0 Å². The molecule has 1 aliphatic heterocycles. The molecular weight excluding hydrogens is 320 g/mol. The van der Waals surface area contributed by atoms with E-state index in [2.05, 4.69) is 41.8 Å². The number of nitrogens with one attached hydrogen (secondary N) is 2. The van der Waals surface area contributed by atoms with Crippen molar-refractivity contribution in [3.05, 3.63) is 35.4 Å². The lowest BCUT2D eigenvalue weighted by Gasteiger charge is -2.32.